The maximum atomic E-state index is 5.57. The van der Waals surface area contributed by atoms with Crippen LogP contribution in [0.3, 0.4) is 0 Å². The van der Waals surface area contributed by atoms with Crippen LogP contribution in [-0.4, -0.2) is 37.7 Å². The molecule has 112 valence electrons. The monoisotopic (exact) mass is 276 g/mol. The standard InChI is InChI=1S/C17H28N2O/c1-3-18-13-15-8-10-19(11-9-15)14-16-6-5-7-17(12-16)20-4-2/h5-7,12,15,18H,3-4,8-11,13-14H2,1-2H3. The fourth-order valence-electron chi connectivity index (χ4n) is 2.86. The Morgan fingerprint density at radius 2 is 2.05 bits per heavy atom. The van der Waals surface area contributed by atoms with Crippen LogP contribution < -0.4 is 10.1 Å². The number of benzene rings is 1. The number of piperidine rings is 1. The van der Waals surface area contributed by atoms with Crippen LogP contribution in [0.4, 0.5) is 0 Å². The second kappa shape index (κ2) is 8.28. The zero-order chi connectivity index (χ0) is 14.2. The van der Waals surface area contributed by atoms with Crippen LogP contribution in [0.25, 0.3) is 0 Å². The van der Waals surface area contributed by atoms with Crippen LogP contribution in [0, 0.1) is 5.92 Å². The minimum atomic E-state index is 0.735. The SMILES string of the molecule is CCNCC1CCN(Cc2cccc(OCC)c2)CC1. The second-order valence-electron chi connectivity index (χ2n) is 5.61. The zero-order valence-electron chi connectivity index (χ0n) is 12.9. The molecule has 3 nitrogen and oxygen atoms in total. The van der Waals surface area contributed by atoms with Crippen LogP contribution in [0.2, 0.25) is 0 Å². The van der Waals surface area contributed by atoms with Crippen molar-refractivity contribution in [3.05, 3.63) is 29.8 Å². The summed E-state index contributed by atoms with van der Waals surface area (Å²) in [5.41, 5.74) is 1.36. The molecule has 2 rings (SSSR count). The molecule has 1 aromatic carbocycles. The highest BCUT2D eigenvalue weighted by Gasteiger charge is 2.18. The summed E-state index contributed by atoms with van der Waals surface area (Å²) in [7, 11) is 0. The lowest BCUT2D eigenvalue weighted by Gasteiger charge is -2.32. The highest BCUT2D eigenvalue weighted by Crippen LogP contribution is 2.20. The third-order valence-electron chi connectivity index (χ3n) is 4.01. The Balaban J connectivity index is 1.78. The third-order valence-corrected chi connectivity index (χ3v) is 4.01. The molecule has 1 fully saturated rings. The Morgan fingerprint density at radius 3 is 2.75 bits per heavy atom. The van der Waals surface area contributed by atoms with Crippen molar-refractivity contribution in [2.24, 2.45) is 5.92 Å². The van der Waals surface area contributed by atoms with Crippen LogP contribution >= 0.6 is 0 Å². The molecule has 0 bridgehead atoms. The highest BCUT2D eigenvalue weighted by atomic mass is 16.5. The molecule has 0 saturated carbocycles. The number of ether oxygens (including phenoxy) is 1. The summed E-state index contributed by atoms with van der Waals surface area (Å²) in [4.78, 5) is 2.56. The first-order valence-corrected chi connectivity index (χ1v) is 7.96. The molecule has 0 aromatic heterocycles. The fraction of sp³-hybridized carbons (Fsp3) is 0.647. The van der Waals surface area contributed by atoms with E-state index < -0.39 is 0 Å². The molecule has 1 N–H and O–H groups in total. The van der Waals surface area contributed by atoms with E-state index in [1.165, 1.54) is 38.0 Å². The smallest absolute Gasteiger partial charge is 0.119 e. The van der Waals surface area contributed by atoms with E-state index >= 15 is 0 Å². The van der Waals surface area contributed by atoms with Gasteiger partial charge in [0.25, 0.3) is 0 Å². The van der Waals surface area contributed by atoms with E-state index in [9.17, 15) is 0 Å². The van der Waals surface area contributed by atoms with Gasteiger partial charge in [-0.2, -0.15) is 0 Å². The summed E-state index contributed by atoms with van der Waals surface area (Å²) >= 11 is 0. The number of nitrogens with zero attached hydrogens (tertiary/aromatic N) is 1. The Kier molecular flexibility index (Phi) is 6.34. The van der Waals surface area contributed by atoms with Gasteiger partial charge in [0.2, 0.25) is 0 Å². The lowest BCUT2D eigenvalue weighted by atomic mass is 9.96. The predicted octanol–water partition coefficient (Wildman–Crippen LogP) is 2.91. The maximum absolute atomic E-state index is 5.57. The first-order chi connectivity index (χ1) is 9.81. The molecule has 0 aliphatic carbocycles. The third kappa shape index (κ3) is 4.80. The van der Waals surface area contributed by atoms with Crippen LogP contribution in [0.5, 0.6) is 5.75 Å². The van der Waals surface area contributed by atoms with Gasteiger partial charge in [-0.3, -0.25) is 4.90 Å². The molecule has 3 heteroatoms. The largest absolute Gasteiger partial charge is 0.494 e. The molecule has 0 atom stereocenters. The van der Waals surface area contributed by atoms with Crippen molar-refractivity contribution >= 4 is 0 Å². The molecule has 0 radical (unpaired) electrons. The number of rotatable bonds is 7. The summed E-state index contributed by atoms with van der Waals surface area (Å²) in [5.74, 6) is 1.85. The van der Waals surface area contributed by atoms with E-state index in [2.05, 4.69) is 35.3 Å². The molecule has 0 spiro atoms. The normalized spacial score (nSPS) is 17.3. The Bertz CT molecular complexity index is 386. The van der Waals surface area contributed by atoms with Gasteiger partial charge in [-0.05, 0) is 69.6 Å². The molecule has 1 heterocycles. The van der Waals surface area contributed by atoms with Crippen molar-refractivity contribution in [3.63, 3.8) is 0 Å². The van der Waals surface area contributed by atoms with Crippen molar-refractivity contribution in [2.45, 2.75) is 33.2 Å². The van der Waals surface area contributed by atoms with Gasteiger partial charge < -0.3 is 10.1 Å². The second-order valence-corrected chi connectivity index (χ2v) is 5.61. The average Bonchev–Trinajstić information content (AvgIpc) is 2.47. The van der Waals surface area contributed by atoms with Crippen molar-refractivity contribution < 1.29 is 4.74 Å². The first kappa shape index (κ1) is 15.3. The van der Waals surface area contributed by atoms with E-state index in [4.69, 9.17) is 4.74 Å². The molecular weight excluding hydrogens is 248 g/mol. The molecule has 1 saturated heterocycles. The zero-order valence-corrected chi connectivity index (χ0v) is 12.9. The summed E-state index contributed by atoms with van der Waals surface area (Å²) in [6, 6.07) is 8.51. The van der Waals surface area contributed by atoms with Crippen molar-refractivity contribution in [1.82, 2.24) is 10.2 Å². The van der Waals surface area contributed by atoms with E-state index in [0.29, 0.717) is 0 Å². The van der Waals surface area contributed by atoms with E-state index in [1.807, 2.05) is 13.0 Å². The highest BCUT2D eigenvalue weighted by molar-refractivity contribution is 5.28. The van der Waals surface area contributed by atoms with Gasteiger partial charge in [-0.1, -0.05) is 19.1 Å². The fourth-order valence-corrected chi connectivity index (χ4v) is 2.86. The topological polar surface area (TPSA) is 24.5 Å². The summed E-state index contributed by atoms with van der Waals surface area (Å²) in [5, 5.41) is 3.47. The van der Waals surface area contributed by atoms with Gasteiger partial charge in [-0.25, -0.2) is 0 Å². The van der Waals surface area contributed by atoms with Crippen LogP contribution in [-0.2, 0) is 6.54 Å². The average molecular weight is 276 g/mol. The van der Waals surface area contributed by atoms with Crippen molar-refractivity contribution in [3.8, 4) is 5.75 Å². The molecule has 1 aliphatic rings. The Hall–Kier alpha value is -1.06. The number of hydrogen-bond acceptors (Lipinski definition) is 3. The maximum Gasteiger partial charge on any atom is 0.119 e. The molecule has 20 heavy (non-hydrogen) atoms. The Labute approximate surface area is 123 Å². The molecule has 0 amide bonds. The summed E-state index contributed by atoms with van der Waals surface area (Å²) in [6.45, 7) is 10.7. The quantitative estimate of drug-likeness (QED) is 0.829. The van der Waals surface area contributed by atoms with E-state index in [0.717, 1.165) is 31.4 Å². The van der Waals surface area contributed by atoms with E-state index in [1.54, 1.807) is 0 Å². The summed E-state index contributed by atoms with van der Waals surface area (Å²) in [6.07, 6.45) is 2.64. The van der Waals surface area contributed by atoms with Crippen LogP contribution in [0.15, 0.2) is 24.3 Å². The Morgan fingerprint density at radius 1 is 1.25 bits per heavy atom. The van der Waals surface area contributed by atoms with Gasteiger partial charge in [-0.15, -0.1) is 0 Å². The van der Waals surface area contributed by atoms with Crippen molar-refractivity contribution in [2.75, 3.05) is 32.8 Å². The first-order valence-electron chi connectivity index (χ1n) is 7.96. The van der Waals surface area contributed by atoms with Gasteiger partial charge in [0.05, 0.1) is 6.61 Å². The molecular formula is C17H28N2O. The predicted molar refractivity (Wildman–Crippen MR) is 84.2 cm³/mol. The molecule has 1 aliphatic heterocycles. The number of likely N-dealkylation sites (tertiary alicyclic amines) is 1. The molecule has 1 aromatic rings. The van der Waals surface area contributed by atoms with Crippen LogP contribution in [0.1, 0.15) is 32.3 Å². The lowest BCUT2D eigenvalue weighted by molar-refractivity contribution is 0.175. The number of hydrogen-bond donors (Lipinski definition) is 1. The minimum absolute atomic E-state index is 0.735. The van der Waals surface area contributed by atoms with Gasteiger partial charge >= 0.3 is 0 Å². The summed E-state index contributed by atoms with van der Waals surface area (Å²) < 4.78 is 5.57. The van der Waals surface area contributed by atoms with Gasteiger partial charge in [0.1, 0.15) is 5.75 Å². The molecule has 0 unspecified atom stereocenters. The lowest BCUT2D eigenvalue weighted by Crippen LogP contribution is -2.36. The van der Waals surface area contributed by atoms with Gasteiger partial charge in [0.15, 0.2) is 0 Å². The van der Waals surface area contributed by atoms with Crippen molar-refractivity contribution in [1.29, 1.82) is 0 Å². The minimum Gasteiger partial charge on any atom is -0.494 e. The number of nitrogens with one attached hydrogen (secondary N) is 1. The van der Waals surface area contributed by atoms with E-state index in [-0.39, 0.29) is 0 Å². The van der Waals surface area contributed by atoms with Gasteiger partial charge in [0, 0.05) is 6.54 Å².